The van der Waals surface area contributed by atoms with Crippen LogP contribution in [-0.2, 0) is 6.54 Å². The molecule has 1 aromatic rings. The van der Waals surface area contributed by atoms with Gasteiger partial charge in [0.2, 0.25) is 0 Å². The number of ether oxygens (including phenoxy) is 2. The van der Waals surface area contributed by atoms with Crippen molar-refractivity contribution in [2.24, 2.45) is 11.7 Å². The van der Waals surface area contributed by atoms with Crippen molar-refractivity contribution in [1.29, 1.82) is 0 Å². The molecule has 0 saturated carbocycles. The topological polar surface area (TPSA) is 56.5 Å². The van der Waals surface area contributed by atoms with Crippen molar-refractivity contribution in [2.45, 2.75) is 20.4 Å². The molecule has 4 nitrogen and oxygen atoms in total. The molecule has 0 amide bonds. The van der Waals surface area contributed by atoms with Crippen molar-refractivity contribution in [3.8, 4) is 11.5 Å². The lowest BCUT2D eigenvalue weighted by atomic mass is 10.1. The Balaban J connectivity index is 2.74. The van der Waals surface area contributed by atoms with Gasteiger partial charge in [0.15, 0.2) is 0 Å². The summed E-state index contributed by atoms with van der Waals surface area (Å²) in [4.78, 5) is 0. The molecule has 0 aliphatic carbocycles. The van der Waals surface area contributed by atoms with Gasteiger partial charge in [0.1, 0.15) is 11.5 Å². The van der Waals surface area contributed by atoms with Gasteiger partial charge in [0.25, 0.3) is 0 Å². The maximum Gasteiger partial charge on any atom is 0.129 e. The molecule has 4 heteroatoms. The summed E-state index contributed by atoms with van der Waals surface area (Å²) in [6, 6.07) is 4.01. The minimum Gasteiger partial charge on any atom is -0.496 e. The quantitative estimate of drug-likeness (QED) is 0.775. The molecule has 0 spiro atoms. The van der Waals surface area contributed by atoms with E-state index in [9.17, 15) is 0 Å². The standard InChI is InChI=1S/C14H24N2O2/c1-10(7-15)8-16-9-12-5-6-13(17-3)11(2)14(12)18-4/h5-6,10,16H,7-9,15H2,1-4H3. The Kier molecular flexibility index (Phi) is 5.95. The maximum atomic E-state index is 5.59. The second-order valence-corrected chi connectivity index (χ2v) is 4.56. The zero-order valence-electron chi connectivity index (χ0n) is 11.7. The van der Waals surface area contributed by atoms with Gasteiger partial charge in [-0.1, -0.05) is 13.0 Å². The second-order valence-electron chi connectivity index (χ2n) is 4.56. The Labute approximate surface area is 109 Å². The van der Waals surface area contributed by atoms with Crippen LogP contribution in [0.4, 0.5) is 0 Å². The highest BCUT2D eigenvalue weighted by molar-refractivity contribution is 5.49. The summed E-state index contributed by atoms with van der Waals surface area (Å²) in [5, 5.41) is 3.39. The minimum atomic E-state index is 0.482. The summed E-state index contributed by atoms with van der Waals surface area (Å²) >= 11 is 0. The first-order chi connectivity index (χ1) is 8.63. The molecule has 3 N–H and O–H groups in total. The fourth-order valence-electron chi connectivity index (χ4n) is 1.91. The predicted octanol–water partition coefficient (Wildman–Crippen LogP) is 1.70. The van der Waals surface area contributed by atoms with Crippen LogP contribution in [0.3, 0.4) is 0 Å². The van der Waals surface area contributed by atoms with Gasteiger partial charge < -0.3 is 20.5 Å². The van der Waals surface area contributed by atoms with E-state index in [1.54, 1.807) is 14.2 Å². The number of nitrogens with one attached hydrogen (secondary N) is 1. The molecule has 1 unspecified atom stereocenters. The third-order valence-corrected chi connectivity index (χ3v) is 3.07. The van der Waals surface area contributed by atoms with Crippen LogP contribution in [0.5, 0.6) is 11.5 Å². The maximum absolute atomic E-state index is 5.59. The average Bonchev–Trinajstić information content (AvgIpc) is 2.39. The molecule has 1 atom stereocenters. The molecule has 102 valence electrons. The Morgan fingerprint density at radius 1 is 1.28 bits per heavy atom. The molecule has 0 aliphatic heterocycles. The zero-order chi connectivity index (χ0) is 13.5. The van der Waals surface area contributed by atoms with E-state index in [0.29, 0.717) is 12.5 Å². The van der Waals surface area contributed by atoms with Gasteiger partial charge >= 0.3 is 0 Å². The van der Waals surface area contributed by atoms with E-state index in [1.165, 1.54) is 0 Å². The van der Waals surface area contributed by atoms with Crippen LogP contribution in [-0.4, -0.2) is 27.3 Å². The first kappa shape index (κ1) is 14.8. The summed E-state index contributed by atoms with van der Waals surface area (Å²) in [5.74, 6) is 2.23. The molecule has 0 aliphatic rings. The van der Waals surface area contributed by atoms with Crippen LogP contribution in [0.15, 0.2) is 12.1 Å². The molecule has 1 aromatic carbocycles. The molecule has 1 rings (SSSR count). The van der Waals surface area contributed by atoms with Crippen LogP contribution in [0, 0.1) is 12.8 Å². The van der Waals surface area contributed by atoms with Gasteiger partial charge in [-0.15, -0.1) is 0 Å². The number of hydrogen-bond acceptors (Lipinski definition) is 4. The molecule has 18 heavy (non-hydrogen) atoms. The van der Waals surface area contributed by atoms with Crippen molar-refractivity contribution < 1.29 is 9.47 Å². The zero-order valence-corrected chi connectivity index (χ0v) is 11.7. The van der Waals surface area contributed by atoms with Crippen LogP contribution >= 0.6 is 0 Å². The SMILES string of the molecule is COc1ccc(CNCC(C)CN)c(OC)c1C. The number of rotatable bonds is 7. The van der Waals surface area contributed by atoms with E-state index in [2.05, 4.69) is 12.2 Å². The summed E-state index contributed by atoms with van der Waals surface area (Å²) in [6.45, 7) is 6.52. The Hall–Kier alpha value is -1.26. The summed E-state index contributed by atoms with van der Waals surface area (Å²) < 4.78 is 10.7. The number of nitrogens with two attached hydrogens (primary N) is 1. The van der Waals surface area contributed by atoms with E-state index in [1.807, 2.05) is 19.1 Å². The van der Waals surface area contributed by atoms with E-state index in [4.69, 9.17) is 15.2 Å². The highest BCUT2D eigenvalue weighted by atomic mass is 16.5. The monoisotopic (exact) mass is 252 g/mol. The van der Waals surface area contributed by atoms with Gasteiger partial charge in [-0.2, -0.15) is 0 Å². The van der Waals surface area contributed by atoms with Crippen molar-refractivity contribution in [1.82, 2.24) is 5.32 Å². The third kappa shape index (κ3) is 3.62. The van der Waals surface area contributed by atoms with Crippen molar-refractivity contribution >= 4 is 0 Å². The highest BCUT2D eigenvalue weighted by Gasteiger charge is 2.11. The number of hydrogen-bond donors (Lipinski definition) is 2. The molecular formula is C14H24N2O2. The smallest absolute Gasteiger partial charge is 0.129 e. The Morgan fingerprint density at radius 2 is 2.00 bits per heavy atom. The largest absolute Gasteiger partial charge is 0.496 e. The molecule has 0 bridgehead atoms. The van der Waals surface area contributed by atoms with E-state index in [-0.39, 0.29) is 0 Å². The number of methoxy groups -OCH3 is 2. The molecule has 0 radical (unpaired) electrons. The Bertz CT molecular complexity index is 380. The minimum absolute atomic E-state index is 0.482. The lowest BCUT2D eigenvalue weighted by molar-refractivity contribution is 0.383. The summed E-state index contributed by atoms with van der Waals surface area (Å²) in [7, 11) is 3.36. The first-order valence-corrected chi connectivity index (χ1v) is 6.25. The second kappa shape index (κ2) is 7.24. The van der Waals surface area contributed by atoms with Gasteiger partial charge in [0.05, 0.1) is 14.2 Å². The first-order valence-electron chi connectivity index (χ1n) is 6.25. The van der Waals surface area contributed by atoms with Gasteiger partial charge in [-0.3, -0.25) is 0 Å². The highest BCUT2D eigenvalue weighted by Crippen LogP contribution is 2.31. The van der Waals surface area contributed by atoms with Gasteiger partial charge in [-0.25, -0.2) is 0 Å². The van der Waals surface area contributed by atoms with E-state index in [0.717, 1.165) is 35.7 Å². The fraction of sp³-hybridized carbons (Fsp3) is 0.571. The van der Waals surface area contributed by atoms with Crippen LogP contribution in [0.2, 0.25) is 0 Å². The Morgan fingerprint density at radius 3 is 2.56 bits per heavy atom. The third-order valence-electron chi connectivity index (χ3n) is 3.07. The molecule has 0 fully saturated rings. The van der Waals surface area contributed by atoms with E-state index >= 15 is 0 Å². The van der Waals surface area contributed by atoms with Crippen LogP contribution < -0.4 is 20.5 Å². The molecule has 0 saturated heterocycles. The van der Waals surface area contributed by atoms with Crippen molar-refractivity contribution in [3.05, 3.63) is 23.3 Å². The van der Waals surface area contributed by atoms with Crippen molar-refractivity contribution in [3.63, 3.8) is 0 Å². The molecule has 0 heterocycles. The lowest BCUT2D eigenvalue weighted by Gasteiger charge is -2.16. The molecular weight excluding hydrogens is 228 g/mol. The summed E-state index contributed by atoms with van der Waals surface area (Å²) in [5.41, 5.74) is 7.76. The van der Waals surface area contributed by atoms with Crippen molar-refractivity contribution in [2.75, 3.05) is 27.3 Å². The average molecular weight is 252 g/mol. The lowest BCUT2D eigenvalue weighted by Crippen LogP contribution is -2.26. The fourth-order valence-corrected chi connectivity index (χ4v) is 1.91. The van der Waals surface area contributed by atoms with Gasteiger partial charge in [0, 0.05) is 17.7 Å². The normalized spacial score (nSPS) is 12.3. The number of benzene rings is 1. The van der Waals surface area contributed by atoms with E-state index < -0.39 is 0 Å². The van der Waals surface area contributed by atoms with Crippen LogP contribution in [0.1, 0.15) is 18.1 Å². The summed E-state index contributed by atoms with van der Waals surface area (Å²) in [6.07, 6.45) is 0. The predicted molar refractivity (Wildman–Crippen MR) is 74.2 cm³/mol. The van der Waals surface area contributed by atoms with Crippen LogP contribution in [0.25, 0.3) is 0 Å². The van der Waals surface area contributed by atoms with Gasteiger partial charge in [-0.05, 0) is 32.0 Å². The molecule has 0 aromatic heterocycles.